The lowest BCUT2D eigenvalue weighted by Crippen LogP contribution is -2.38. The summed E-state index contributed by atoms with van der Waals surface area (Å²) >= 11 is 0. The SMILES string of the molecule is C=C(/C=N\C(=C/C)OC)[C@H](CC(=O)O)NCCNCCCc1ccc2c(n1)NCCC21CC1. The second-order valence-electron chi connectivity index (χ2n) is 8.78. The summed E-state index contributed by atoms with van der Waals surface area (Å²) in [7, 11) is 1.54. The Morgan fingerprint density at radius 2 is 2.18 bits per heavy atom. The molecule has 1 aliphatic carbocycles. The number of methoxy groups -OCH3 is 1. The van der Waals surface area contributed by atoms with Crippen molar-refractivity contribution in [3.8, 4) is 0 Å². The van der Waals surface area contributed by atoms with Crippen LogP contribution in [0.4, 0.5) is 5.82 Å². The fourth-order valence-corrected chi connectivity index (χ4v) is 4.27. The molecule has 180 valence electrons. The maximum absolute atomic E-state index is 11.2. The summed E-state index contributed by atoms with van der Waals surface area (Å²) in [6.45, 7) is 9.06. The predicted molar refractivity (Wildman–Crippen MR) is 132 cm³/mol. The molecule has 4 N–H and O–H groups in total. The summed E-state index contributed by atoms with van der Waals surface area (Å²) in [4.78, 5) is 20.2. The molecule has 1 atom stereocenters. The number of nitrogens with one attached hydrogen (secondary N) is 3. The predicted octanol–water partition coefficient (Wildman–Crippen LogP) is 3.02. The Balaban J connectivity index is 1.35. The van der Waals surface area contributed by atoms with E-state index in [1.807, 2.05) is 6.92 Å². The molecule has 2 heterocycles. The van der Waals surface area contributed by atoms with E-state index in [1.54, 1.807) is 12.3 Å². The van der Waals surface area contributed by atoms with Gasteiger partial charge in [-0.25, -0.2) is 9.98 Å². The Bertz CT molecular complexity index is 892. The van der Waals surface area contributed by atoms with Crippen LogP contribution >= 0.6 is 0 Å². The highest BCUT2D eigenvalue weighted by Gasteiger charge is 2.47. The minimum Gasteiger partial charge on any atom is -0.481 e. The lowest BCUT2D eigenvalue weighted by molar-refractivity contribution is -0.137. The van der Waals surface area contributed by atoms with Crippen molar-refractivity contribution in [3.63, 3.8) is 0 Å². The molecule has 0 bridgehead atoms. The number of anilines is 1. The number of carboxylic acid groups (broad SMARTS) is 1. The van der Waals surface area contributed by atoms with Crippen molar-refractivity contribution in [1.82, 2.24) is 15.6 Å². The largest absolute Gasteiger partial charge is 0.481 e. The van der Waals surface area contributed by atoms with E-state index in [9.17, 15) is 9.90 Å². The molecule has 0 amide bonds. The maximum Gasteiger partial charge on any atom is 0.305 e. The number of aliphatic carboxylic acids is 1. The van der Waals surface area contributed by atoms with Crippen molar-refractivity contribution in [2.45, 2.75) is 56.9 Å². The second-order valence-corrected chi connectivity index (χ2v) is 8.78. The van der Waals surface area contributed by atoms with Crippen LogP contribution in [0.1, 0.15) is 50.3 Å². The third-order valence-electron chi connectivity index (χ3n) is 6.39. The van der Waals surface area contributed by atoms with E-state index in [0.29, 0.717) is 23.4 Å². The van der Waals surface area contributed by atoms with Gasteiger partial charge in [0, 0.05) is 48.6 Å². The Morgan fingerprint density at radius 3 is 2.88 bits per heavy atom. The summed E-state index contributed by atoms with van der Waals surface area (Å²) in [5.41, 5.74) is 3.57. The number of rotatable bonds is 14. The zero-order valence-electron chi connectivity index (χ0n) is 19.8. The van der Waals surface area contributed by atoms with Crippen molar-refractivity contribution < 1.29 is 14.6 Å². The normalized spacial score (nSPS) is 17.5. The first-order valence-electron chi connectivity index (χ1n) is 11.8. The highest BCUT2D eigenvalue weighted by molar-refractivity contribution is 5.82. The number of carbonyl (C=O) groups is 1. The number of hydrogen-bond acceptors (Lipinski definition) is 7. The quantitative estimate of drug-likeness (QED) is 0.194. The number of fused-ring (bicyclic) bond motifs is 2. The summed E-state index contributed by atoms with van der Waals surface area (Å²) in [5, 5.41) is 19.3. The summed E-state index contributed by atoms with van der Waals surface area (Å²) in [6.07, 6.45) is 9.00. The first-order valence-corrected chi connectivity index (χ1v) is 11.8. The minimum atomic E-state index is -0.882. The van der Waals surface area contributed by atoms with E-state index in [0.717, 1.165) is 44.0 Å². The lowest BCUT2D eigenvalue weighted by atomic mass is 9.90. The van der Waals surface area contributed by atoms with Gasteiger partial charge in [-0.05, 0) is 63.3 Å². The fourth-order valence-electron chi connectivity index (χ4n) is 4.27. The summed E-state index contributed by atoms with van der Waals surface area (Å²) < 4.78 is 5.09. The van der Waals surface area contributed by atoms with E-state index in [1.165, 1.54) is 31.9 Å². The van der Waals surface area contributed by atoms with Crippen molar-refractivity contribution in [1.29, 1.82) is 0 Å². The Morgan fingerprint density at radius 1 is 1.36 bits per heavy atom. The molecule has 1 aromatic heterocycles. The average Bonchev–Trinajstić information content (AvgIpc) is 3.57. The highest BCUT2D eigenvalue weighted by atomic mass is 16.5. The molecule has 1 saturated carbocycles. The van der Waals surface area contributed by atoms with E-state index >= 15 is 0 Å². The van der Waals surface area contributed by atoms with Crippen molar-refractivity contribution in [3.05, 3.63) is 47.5 Å². The number of aromatic nitrogens is 1. The molecule has 8 nitrogen and oxygen atoms in total. The first-order chi connectivity index (χ1) is 16.0. The number of allylic oxidation sites excluding steroid dienone is 1. The topological polar surface area (TPSA) is 108 Å². The number of aliphatic imine (C=N–C) groups is 1. The third kappa shape index (κ3) is 7.14. The molecule has 8 heteroatoms. The lowest BCUT2D eigenvalue weighted by Gasteiger charge is -2.26. The van der Waals surface area contributed by atoms with E-state index in [-0.39, 0.29) is 12.5 Å². The van der Waals surface area contributed by atoms with Crippen LogP contribution in [0.25, 0.3) is 0 Å². The van der Waals surface area contributed by atoms with Gasteiger partial charge in [0.1, 0.15) is 5.82 Å². The zero-order valence-corrected chi connectivity index (χ0v) is 19.8. The van der Waals surface area contributed by atoms with Crippen LogP contribution in [0.15, 0.2) is 41.2 Å². The van der Waals surface area contributed by atoms with Gasteiger partial charge in [0.05, 0.1) is 13.5 Å². The summed E-state index contributed by atoms with van der Waals surface area (Å²) in [5.74, 6) is 0.671. The van der Waals surface area contributed by atoms with Gasteiger partial charge in [0.2, 0.25) is 5.88 Å². The van der Waals surface area contributed by atoms with E-state index in [4.69, 9.17) is 9.72 Å². The van der Waals surface area contributed by atoms with Crippen molar-refractivity contribution in [2.24, 2.45) is 4.99 Å². The molecule has 1 aliphatic heterocycles. The van der Waals surface area contributed by atoms with Crippen LogP contribution in [-0.4, -0.2) is 61.6 Å². The van der Waals surface area contributed by atoms with Crippen LogP contribution in [-0.2, 0) is 21.4 Å². The summed E-state index contributed by atoms with van der Waals surface area (Å²) in [6, 6.07) is 4.07. The van der Waals surface area contributed by atoms with Crippen LogP contribution in [0, 0.1) is 0 Å². The van der Waals surface area contributed by atoms with Crippen molar-refractivity contribution in [2.75, 3.05) is 38.6 Å². The number of ether oxygens (including phenoxy) is 1. The molecule has 0 radical (unpaired) electrons. The van der Waals surface area contributed by atoms with Gasteiger partial charge in [0.15, 0.2) is 0 Å². The van der Waals surface area contributed by atoms with Crippen molar-refractivity contribution >= 4 is 18.0 Å². The van der Waals surface area contributed by atoms with Gasteiger partial charge in [0.25, 0.3) is 0 Å². The number of hydrogen-bond donors (Lipinski definition) is 4. The van der Waals surface area contributed by atoms with Gasteiger partial charge in [-0.2, -0.15) is 0 Å². The van der Waals surface area contributed by atoms with Gasteiger partial charge >= 0.3 is 5.97 Å². The van der Waals surface area contributed by atoms with E-state index in [2.05, 4.69) is 39.7 Å². The van der Waals surface area contributed by atoms with Gasteiger partial charge in [-0.1, -0.05) is 12.6 Å². The molecular formula is C25H37N5O3. The van der Waals surface area contributed by atoms with E-state index < -0.39 is 5.97 Å². The highest BCUT2D eigenvalue weighted by Crippen LogP contribution is 2.54. The van der Waals surface area contributed by atoms with Gasteiger partial charge in [-0.3, -0.25) is 4.79 Å². The van der Waals surface area contributed by atoms with Crippen LogP contribution < -0.4 is 16.0 Å². The van der Waals surface area contributed by atoms with Crippen LogP contribution in [0.3, 0.4) is 0 Å². The monoisotopic (exact) mass is 455 g/mol. The number of nitrogens with zero attached hydrogens (tertiary/aromatic N) is 2. The molecule has 3 rings (SSSR count). The van der Waals surface area contributed by atoms with Crippen LogP contribution in [0.2, 0.25) is 0 Å². The number of aryl methyl sites for hydroxylation is 1. The van der Waals surface area contributed by atoms with Crippen LogP contribution in [0.5, 0.6) is 0 Å². The molecule has 0 unspecified atom stereocenters. The van der Waals surface area contributed by atoms with Gasteiger partial charge in [-0.15, -0.1) is 0 Å². The molecule has 1 aromatic rings. The first kappa shape index (κ1) is 24.9. The molecule has 1 spiro atoms. The second kappa shape index (κ2) is 12.0. The Labute approximate surface area is 196 Å². The number of carboxylic acids is 1. The average molecular weight is 456 g/mol. The third-order valence-corrected chi connectivity index (χ3v) is 6.39. The molecule has 33 heavy (non-hydrogen) atoms. The zero-order chi connectivity index (χ0) is 23.7. The fraction of sp³-hybridized carbons (Fsp3) is 0.560. The molecular weight excluding hydrogens is 418 g/mol. The Hall–Kier alpha value is -2.71. The van der Waals surface area contributed by atoms with Gasteiger partial charge < -0.3 is 25.8 Å². The minimum absolute atomic E-state index is 0.0532. The molecule has 2 aliphatic rings. The molecule has 0 saturated heterocycles. The standard InChI is InChI=1S/C25H37N5O3/c1-4-22(33-3)29-17-18(2)21(16-23(31)32)27-15-14-26-12-5-6-19-7-8-20-24(30-19)28-13-11-25(20)9-10-25/h4,7-8,17,21,26-27H,2,5-6,9-16H2,1,3H3,(H,28,30)(H,31,32)/b22-4+,29-17-/t21-/m0/s1. The molecule has 1 fully saturated rings. The molecule has 0 aromatic carbocycles. The smallest absolute Gasteiger partial charge is 0.305 e. The maximum atomic E-state index is 11.2. The Kier molecular flexibility index (Phi) is 9.03. The number of pyridine rings is 1.